The number of nitrogens with two attached hydrogens (primary N) is 2. The van der Waals surface area contributed by atoms with Crippen molar-refractivity contribution in [3.8, 4) is 0 Å². The molecule has 1 atom stereocenters. The van der Waals surface area contributed by atoms with E-state index in [9.17, 15) is 13.6 Å². The number of amides is 1. The van der Waals surface area contributed by atoms with E-state index in [1.54, 1.807) is 0 Å². The number of rotatable bonds is 4. The lowest BCUT2D eigenvalue weighted by Crippen LogP contribution is -2.41. The highest BCUT2D eigenvalue weighted by Gasteiger charge is 2.24. The first-order valence-electron chi connectivity index (χ1n) is 6.69. The molecule has 1 aliphatic rings. The quantitative estimate of drug-likeness (QED) is 0.871. The Kier molecular flexibility index (Phi) is 4.67. The zero-order valence-electron chi connectivity index (χ0n) is 11.2. The number of carbonyl (C=O) groups is 1. The molecule has 0 saturated carbocycles. The highest BCUT2D eigenvalue weighted by Crippen LogP contribution is 2.21. The van der Waals surface area contributed by atoms with Gasteiger partial charge in [0.05, 0.1) is 0 Å². The van der Waals surface area contributed by atoms with Gasteiger partial charge in [0.1, 0.15) is 11.6 Å². The molecule has 1 fully saturated rings. The number of halogens is 2. The third-order valence-corrected chi connectivity index (χ3v) is 3.81. The van der Waals surface area contributed by atoms with E-state index >= 15 is 0 Å². The fourth-order valence-corrected chi connectivity index (χ4v) is 2.58. The predicted molar refractivity (Wildman–Crippen MR) is 71.6 cm³/mol. The molecule has 0 radical (unpaired) electrons. The molecule has 110 valence electrons. The van der Waals surface area contributed by atoms with E-state index in [0.717, 1.165) is 6.07 Å². The van der Waals surface area contributed by atoms with Crippen LogP contribution >= 0.6 is 0 Å². The van der Waals surface area contributed by atoms with Crippen LogP contribution in [0.1, 0.15) is 24.4 Å². The van der Waals surface area contributed by atoms with Crippen molar-refractivity contribution in [2.24, 2.45) is 17.4 Å². The van der Waals surface area contributed by atoms with Crippen molar-refractivity contribution in [2.45, 2.75) is 18.9 Å². The zero-order chi connectivity index (χ0) is 14.7. The first kappa shape index (κ1) is 14.9. The minimum atomic E-state index is -0.621. The second-order valence-electron chi connectivity index (χ2n) is 5.25. The van der Waals surface area contributed by atoms with Crippen molar-refractivity contribution in [1.29, 1.82) is 0 Å². The summed E-state index contributed by atoms with van der Waals surface area (Å²) in [5.74, 6) is -1.58. The molecule has 0 bridgehead atoms. The monoisotopic (exact) mass is 283 g/mol. The topological polar surface area (TPSA) is 72.4 Å². The van der Waals surface area contributed by atoms with E-state index < -0.39 is 17.7 Å². The summed E-state index contributed by atoms with van der Waals surface area (Å²) in [5.41, 5.74) is 11.6. The smallest absolute Gasteiger partial charge is 0.220 e. The first-order valence-corrected chi connectivity index (χ1v) is 6.69. The van der Waals surface area contributed by atoms with Gasteiger partial charge in [-0.25, -0.2) is 8.78 Å². The Morgan fingerprint density at radius 3 is 2.55 bits per heavy atom. The molecular formula is C14H19F2N3O. The maximum Gasteiger partial charge on any atom is 0.220 e. The maximum atomic E-state index is 13.6. The van der Waals surface area contributed by atoms with E-state index in [0.29, 0.717) is 38.0 Å². The van der Waals surface area contributed by atoms with Crippen molar-refractivity contribution in [2.75, 3.05) is 19.6 Å². The van der Waals surface area contributed by atoms with Gasteiger partial charge >= 0.3 is 0 Å². The molecule has 20 heavy (non-hydrogen) atoms. The lowest BCUT2D eigenvalue weighted by Gasteiger charge is -2.32. The molecule has 4 N–H and O–H groups in total. The van der Waals surface area contributed by atoms with Crippen LogP contribution in [-0.2, 0) is 4.79 Å². The molecule has 1 aromatic carbocycles. The number of likely N-dealkylation sites (tertiary alicyclic amines) is 1. The van der Waals surface area contributed by atoms with Gasteiger partial charge in [0, 0.05) is 30.1 Å². The number of hydrogen-bond donors (Lipinski definition) is 2. The van der Waals surface area contributed by atoms with Gasteiger partial charge in [-0.15, -0.1) is 0 Å². The van der Waals surface area contributed by atoms with Crippen LogP contribution in [0.2, 0.25) is 0 Å². The number of primary amides is 1. The van der Waals surface area contributed by atoms with E-state index in [4.69, 9.17) is 11.5 Å². The Balaban J connectivity index is 1.92. The number of hydrogen-bond acceptors (Lipinski definition) is 3. The number of benzene rings is 1. The Labute approximate surface area is 116 Å². The minimum absolute atomic E-state index is 0.0787. The van der Waals surface area contributed by atoms with Crippen molar-refractivity contribution < 1.29 is 13.6 Å². The van der Waals surface area contributed by atoms with Gasteiger partial charge in [-0.2, -0.15) is 0 Å². The normalized spacial score (nSPS) is 18.9. The Morgan fingerprint density at radius 1 is 1.35 bits per heavy atom. The van der Waals surface area contributed by atoms with Crippen LogP contribution in [0.3, 0.4) is 0 Å². The lowest BCUT2D eigenvalue weighted by atomic mass is 9.95. The molecule has 0 aromatic heterocycles. The Morgan fingerprint density at radius 2 is 2.00 bits per heavy atom. The summed E-state index contributed by atoms with van der Waals surface area (Å²) in [7, 11) is 0. The predicted octanol–water partition coefficient (Wildman–Crippen LogP) is 1.16. The van der Waals surface area contributed by atoms with Gasteiger partial charge in [-0.05, 0) is 32.0 Å². The minimum Gasteiger partial charge on any atom is -0.369 e. The summed E-state index contributed by atoms with van der Waals surface area (Å²) in [5, 5.41) is 0. The molecule has 0 spiro atoms. The molecule has 0 aliphatic carbocycles. The van der Waals surface area contributed by atoms with Crippen LogP contribution in [0.15, 0.2) is 18.2 Å². The summed E-state index contributed by atoms with van der Waals surface area (Å²) < 4.78 is 26.5. The molecule has 1 unspecified atom stereocenters. The van der Waals surface area contributed by atoms with Crippen molar-refractivity contribution in [3.63, 3.8) is 0 Å². The van der Waals surface area contributed by atoms with Gasteiger partial charge < -0.3 is 16.4 Å². The third kappa shape index (κ3) is 3.52. The second kappa shape index (κ2) is 6.28. The number of carbonyl (C=O) groups excluding carboxylic acids is 1. The molecule has 1 saturated heterocycles. The first-order chi connectivity index (χ1) is 9.47. The van der Waals surface area contributed by atoms with Crippen LogP contribution in [0.25, 0.3) is 0 Å². The third-order valence-electron chi connectivity index (χ3n) is 3.81. The second-order valence-corrected chi connectivity index (χ2v) is 5.25. The molecular weight excluding hydrogens is 264 g/mol. The Hall–Kier alpha value is -1.53. The van der Waals surface area contributed by atoms with E-state index in [2.05, 4.69) is 4.90 Å². The highest BCUT2D eigenvalue weighted by molar-refractivity contribution is 5.76. The van der Waals surface area contributed by atoms with Gasteiger partial charge in [0.2, 0.25) is 5.91 Å². The summed E-state index contributed by atoms with van der Waals surface area (Å²) >= 11 is 0. The van der Waals surface area contributed by atoms with Crippen molar-refractivity contribution >= 4 is 5.91 Å². The van der Waals surface area contributed by atoms with Crippen LogP contribution in [0, 0.1) is 17.6 Å². The van der Waals surface area contributed by atoms with Crippen molar-refractivity contribution in [1.82, 2.24) is 4.90 Å². The molecule has 1 aromatic rings. The van der Waals surface area contributed by atoms with Crippen molar-refractivity contribution in [3.05, 3.63) is 35.4 Å². The molecule has 4 nitrogen and oxygen atoms in total. The molecule has 1 amide bonds. The zero-order valence-corrected chi connectivity index (χ0v) is 11.2. The lowest BCUT2D eigenvalue weighted by molar-refractivity contribution is -0.123. The SMILES string of the molecule is NC(=O)C1CCN(CC(N)c2ccc(F)cc2F)CC1. The number of nitrogens with zero attached hydrogens (tertiary/aromatic N) is 1. The Bertz CT molecular complexity index is 487. The van der Waals surface area contributed by atoms with Gasteiger partial charge in [-0.3, -0.25) is 4.79 Å². The fourth-order valence-electron chi connectivity index (χ4n) is 2.58. The van der Waals surface area contributed by atoms with Gasteiger partial charge in [0.15, 0.2) is 0 Å². The van der Waals surface area contributed by atoms with Crippen LogP contribution in [0.5, 0.6) is 0 Å². The van der Waals surface area contributed by atoms with Crippen LogP contribution in [-0.4, -0.2) is 30.4 Å². The molecule has 2 rings (SSSR count). The van der Waals surface area contributed by atoms with E-state index in [-0.39, 0.29) is 11.8 Å². The molecule has 1 aliphatic heterocycles. The van der Waals surface area contributed by atoms with Gasteiger partial charge in [-0.1, -0.05) is 6.07 Å². The average molecular weight is 283 g/mol. The standard InChI is InChI=1S/C14H19F2N3O/c15-10-1-2-11(12(16)7-10)13(17)8-19-5-3-9(4-6-19)14(18)20/h1-2,7,9,13H,3-6,8,17H2,(H2,18,20). The van der Waals surface area contributed by atoms with Gasteiger partial charge in [0.25, 0.3) is 0 Å². The molecule has 6 heteroatoms. The summed E-state index contributed by atoms with van der Waals surface area (Å²) in [6, 6.07) is 2.91. The van der Waals surface area contributed by atoms with Crippen LogP contribution in [0.4, 0.5) is 8.78 Å². The number of piperidine rings is 1. The maximum absolute atomic E-state index is 13.6. The van der Waals surface area contributed by atoms with Crippen LogP contribution < -0.4 is 11.5 Å². The summed E-state index contributed by atoms with van der Waals surface area (Å²) in [4.78, 5) is 13.2. The average Bonchev–Trinajstić information content (AvgIpc) is 2.39. The fraction of sp³-hybridized carbons (Fsp3) is 0.500. The summed E-state index contributed by atoms with van der Waals surface area (Å²) in [6.07, 6.45) is 1.40. The van der Waals surface area contributed by atoms with E-state index in [1.807, 2.05) is 0 Å². The highest BCUT2D eigenvalue weighted by atomic mass is 19.1. The largest absolute Gasteiger partial charge is 0.369 e. The summed E-state index contributed by atoms with van der Waals surface area (Å²) in [6.45, 7) is 1.91. The molecule has 1 heterocycles. The van der Waals surface area contributed by atoms with E-state index in [1.165, 1.54) is 12.1 Å².